The Morgan fingerprint density at radius 2 is 1.86 bits per heavy atom. The minimum absolute atomic E-state index is 0.0505. The van der Waals surface area contributed by atoms with Gasteiger partial charge in [0.2, 0.25) is 0 Å². The number of carbonyl (C=O) groups is 2. The van der Waals surface area contributed by atoms with Crippen molar-refractivity contribution < 1.29 is 24.5 Å². The molecule has 2 aromatic rings. The minimum Gasteiger partial charge on any atom is -0.457 e. The predicted molar refractivity (Wildman–Crippen MR) is 137 cm³/mol. The smallest absolute Gasteiger partial charge is 0.309 e. The Kier molecular flexibility index (Phi) is 8.84. The highest BCUT2D eigenvalue weighted by Crippen LogP contribution is 2.33. The molecule has 3 rings (SSSR count). The number of carbonyl (C=O) groups excluding carboxylic acids is 2. The lowest BCUT2D eigenvalue weighted by molar-refractivity contribution is -0.155. The van der Waals surface area contributed by atoms with Gasteiger partial charge in [0.1, 0.15) is 11.9 Å². The standard InChI is InChI=1S/C29H39NO5/c1-18-8-6-9-19(2)27(33)20(3)28(34)29(4,5)25(31)17-26(32)35-24(14-11-18)22-13-12-21-10-7-15-30-23(21)16-22/h7,10-13,15-16,19-20,24-25,27,31,33H,6,8-9,14,17H2,1-5H3/b18-11-/t19-,20+,24-,25-,27?/m0/s1. The Morgan fingerprint density at radius 3 is 2.60 bits per heavy atom. The number of aliphatic hydroxyl groups excluding tert-OH is 2. The van der Waals surface area contributed by atoms with E-state index in [2.05, 4.69) is 18.0 Å². The van der Waals surface area contributed by atoms with Crippen molar-refractivity contribution in [2.24, 2.45) is 17.3 Å². The number of Topliss-reactive ketones (excluding diaryl/α,β-unsaturated/α-hetero) is 1. The van der Waals surface area contributed by atoms with Crippen LogP contribution in [-0.4, -0.2) is 39.2 Å². The quantitative estimate of drug-likeness (QED) is 0.423. The minimum atomic E-state index is -1.23. The lowest BCUT2D eigenvalue weighted by Gasteiger charge is -2.34. The number of esters is 1. The Labute approximate surface area is 208 Å². The molecule has 6 nitrogen and oxygen atoms in total. The average Bonchev–Trinajstić information content (AvgIpc) is 2.84. The van der Waals surface area contributed by atoms with Crippen LogP contribution in [0.3, 0.4) is 0 Å². The van der Waals surface area contributed by atoms with Gasteiger partial charge < -0.3 is 14.9 Å². The van der Waals surface area contributed by atoms with Crippen LogP contribution in [0.25, 0.3) is 10.9 Å². The molecule has 0 bridgehead atoms. The number of hydrogen-bond donors (Lipinski definition) is 2. The number of ketones is 1. The highest BCUT2D eigenvalue weighted by Gasteiger charge is 2.42. The molecule has 0 spiro atoms. The van der Waals surface area contributed by atoms with Gasteiger partial charge in [-0.25, -0.2) is 0 Å². The summed E-state index contributed by atoms with van der Waals surface area (Å²) in [6.07, 6.45) is 4.02. The number of aromatic nitrogens is 1. The molecule has 35 heavy (non-hydrogen) atoms. The summed E-state index contributed by atoms with van der Waals surface area (Å²) in [5, 5.41) is 22.7. The second-order valence-corrected chi connectivity index (χ2v) is 10.7. The van der Waals surface area contributed by atoms with Gasteiger partial charge in [-0.3, -0.25) is 14.6 Å². The summed E-state index contributed by atoms with van der Waals surface area (Å²) in [5.74, 6) is -1.51. The van der Waals surface area contributed by atoms with Crippen molar-refractivity contribution in [3.8, 4) is 0 Å². The number of allylic oxidation sites excluding steroid dienone is 1. The van der Waals surface area contributed by atoms with E-state index in [0.29, 0.717) is 6.42 Å². The van der Waals surface area contributed by atoms with Crippen LogP contribution in [0, 0.1) is 17.3 Å². The van der Waals surface area contributed by atoms with E-state index in [1.807, 2.05) is 37.3 Å². The second kappa shape index (κ2) is 11.4. The SMILES string of the molecule is C/C1=C/C[C@@H](c2ccc3cccnc3c2)OC(=O)C[C@H](O)C(C)(C)C(=O)[C@H](C)C(O)[C@@H](C)CCC1. The van der Waals surface area contributed by atoms with E-state index in [0.717, 1.165) is 35.7 Å². The van der Waals surface area contributed by atoms with Crippen molar-refractivity contribution in [2.75, 3.05) is 0 Å². The summed E-state index contributed by atoms with van der Waals surface area (Å²) >= 11 is 0. The van der Waals surface area contributed by atoms with Crippen molar-refractivity contribution >= 4 is 22.7 Å². The molecule has 2 N–H and O–H groups in total. The molecule has 1 aromatic heterocycles. The summed E-state index contributed by atoms with van der Waals surface area (Å²) in [4.78, 5) is 30.6. The highest BCUT2D eigenvalue weighted by atomic mass is 16.5. The molecule has 2 heterocycles. The van der Waals surface area contributed by atoms with Crippen LogP contribution >= 0.6 is 0 Å². The highest BCUT2D eigenvalue weighted by molar-refractivity contribution is 5.88. The van der Waals surface area contributed by atoms with E-state index in [1.54, 1.807) is 27.0 Å². The summed E-state index contributed by atoms with van der Waals surface area (Å²) in [7, 11) is 0. The van der Waals surface area contributed by atoms with Gasteiger partial charge in [0, 0.05) is 23.9 Å². The Hall–Kier alpha value is -2.57. The van der Waals surface area contributed by atoms with E-state index < -0.39 is 35.6 Å². The average molecular weight is 482 g/mol. The van der Waals surface area contributed by atoms with Gasteiger partial charge in [-0.2, -0.15) is 0 Å². The van der Waals surface area contributed by atoms with Gasteiger partial charge in [-0.1, -0.05) is 57.5 Å². The monoisotopic (exact) mass is 481 g/mol. The molecule has 1 aliphatic heterocycles. The van der Waals surface area contributed by atoms with Crippen LogP contribution in [0.15, 0.2) is 48.2 Å². The first-order valence-corrected chi connectivity index (χ1v) is 12.6. The van der Waals surface area contributed by atoms with Gasteiger partial charge in [0.15, 0.2) is 0 Å². The Bertz CT molecular complexity index is 1080. The predicted octanol–water partition coefficient (Wildman–Crippen LogP) is 5.32. The zero-order valence-corrected chi connectivity index (χ0v) is 21.5. The maximum absolute atomic E-state index is 13.2. The third-order valence-corrected chi connectivity index (χ3v) is 7.52. The molecule has 0 saturated heterocycles. The number of hydrogen-bond acceptors (Lipinski definition) is 6. The number of nitrogens with zero attached hydrogens (tertiary/aromatic N) is 1. The first-order chi connectivity index (χ1) is 16.5. The number of aliphatic hydroxyl groups is 2. The van der Waals surface area contributed by atoms with Crippen molar-refractivity contribution in [1.82, 2.24) is 4.98 Å². The Morgan fingerprint density at radius 1 is 1.11 bits per heavy atom. The van der Waals surface area contributed by atoms with Crippen molar-refractivity contribution in [1.29, 1.82) is 0 Å². The fourth-order valence-corrected chi connectivity index (χ4v) is 4.84. The number of cyclic esters (lactones) is 1. The molecule has 6 heteroatoms. The number of pyridine rings is 1. The number of fused-ring (bicyclic) bond motifs is 1. The summed E-state index contributed by atoms with van der Waals surface area (Å²) < 4.78 is 5.87. The molecule has 1 unspecified atom stereocenters. The maximum Gasteiger partial charge on any atom is 0.309 e. The molecule has 0 saturated carbocycles. The molecule has 0 radical (unpaired) electrons. The van der Waals surface area contributed by atoms with E-state index in [1.165, 1.54) is 5.57 Å². The van der Waals surface area contributed by atoms with Crippen LogP contribution in [0.1, 0.15) is 78.4 Å². The molecule has 1 aliphatic rings. The molecular weight excluding hydrogens is 442 g/mol. The first-order valence-electron chi connectivity index (χ1n) is 12.6. The molecule has 0 aliphatic carbocycles. The van der Waals surface area contributed by atoms with E-state index >= 15 is 0 Å². The van der Waals surface area contributed by atoms with Gasteiger partial charge in [0.05, 0.1) is 29.6 Å². The van der Waals surface area contributed by atoms with E-state index in [9.17, 15) is 19.8 Å². The summed E-state index contributed by atoms with van der Waals surface area (Å²) in [6.45, 7) is 8.98. The number of rotatable bonds is 1. The van der Waals surface area contributed by atoms with E-state index in [4.69, 9.17) is 4.74 Å². The number of ether oxygens (including phenoxy) is 1. The normalized spacial score (nSPS) is 30.9. The van der Waals surface area contributed by atoms with Gasteiger partial charge in [-0.15, -0.1) is 0 Å². The van der Waals surface area contributed by atoms with Gasteiger partial charge >= 0.3 is 5.97 Å². The third-order valence-electron chi connectivity index (χ3n) is 7.52. The topological polar surface area (TPSA) is 96.7 Å². The van der Waals surface area contributed by atoms with Crippen molar-refractivity contribution in [3.63, 3.8) is 0 Å². The molecule has 190 valence electrons. The zero-order valence-electron chi connectivity index (χ0n) is 21.5. The summed E-state index contributed by atoms with van der Waals surface area (Å²) in [6, 6.07) is 9.70. The largest absolute Gasteiger partial charge is 0.457 e. The van der Waals surface area contributed by atoms with Crippen LogP contribution in [-0.2, 0) is 14.3 Å². The van der Waals surface area contributed by atoms with Crippen LogP contribution in [0.4, 0.5) is 0 Å². The van der Waals surface area contributed by atoms with E-state index in [-0.39, 0.29) is 18.1 Å². The second-order valence-electron chi connectivity index (χ2n) is 10.7. The van der Waals surface area contributed by atoms with Gasteiger partial charge in [-0.05, 0) is 49.8 Å². The lowest BCUT2D eigenvalue weighted by atomic mass is 9.73. The maximum atomic E-state index is 13.2. The number of benzene rings is 1. The third kappa shape index (κ3) is 6.56. The molecule has 0 amide bonds. The zero-order chi connectivity index (χ0) is 25.8. The fourth-order valence-electron chi connectivity index (χ4n) is 4.84. The molecule has 0 fully saturated rings. The summed E-state index contributed by atoms with van der Waals surface area (Å²) in [5.41, 5.74) is 1.64. The molecule has 1 aromatic carbocycles. The fraction of sp³-hybridized carbons (Fsp3) is 0.552. The first kappa shape index (κ1) is 27.0. The van der Waals surface area contributed by atoms with Crippen LogP contribution in [0.5, 0.6) is 0 Å². The molecular formula is C29H39NO5. The molecule has 5 atom stereocenters. The van der Waals surface area contributed by atoms with Crippen LogP contribution in [0.2, 0.25) is 0 Å². The van der Waals surface area contributed by atoms with Crippen molar-refractivity contribution in [2.45, 2.75) is 85.0 Å². The Balaban J connectivity index is 1.91. The van der Waals surface area contributed by atoms with Crippen molar-refractivity contribution in [3.05, 3.63) is 53.7 Å². The van der Waals surface area contributed by atoms with Gasteiger partial charge in [0.25, 0.3) is 0 Å². The lowest BCUT2D eigenvalue weighted by Crippen LogP contribution is -2.45. The van der Waals surface area contributed by atoms with Crippen LogP contribution < -0.4 is 0 Å².